The number of hydrogen-bond donors (Lipinski definition) is 0. The molecule has 0 N–H and O–H groups in total. The van der Waals surface area contributed by atoms with Gasteiger partial charge in [-0.2, -0.15) is 0 Å². The molecule has 3 heterocycles. The van der Waals surface area contributed by atoms with Crippen molar-refractivity contribution in [1.29, 1.82) is 0 Å². The van der Waals surface area contributed by atoms with Crippen LogP contribution in [0.25, 0.3) is 5.70 Å². The molecule has 0 atom stereocenters. The van der Waals surface area contributed by atoms with Crippen molar-refractivity contribution in [3.8, 4) is 11.5 Å². The van der Waals surface area contributed by atoms with E-state index in [1.165, 1.54) is 6.07 Å². The third kappa shape index (κ3) is 3.25. The number of benzene rings is 1. The number of aromatic nitrogens is 2. The summed E-state index contributed by atoms with van der Waals surface area (Å²) in [6, 6.07) is 10.6. The summed E-state index contributed by atoms with van der Waals surface area (Å²) in [5, 5.41) is 2.03. The predicted molar refractivity (Wildman–Crippen MR) is 97.8 cm³/mol. The molecule has 0 saturated carbocycles. The summed E-state index contributed by atoms with van der Waals surface area (Å²) in [6.45, 7) is 0. The fraction of sp³-hybridized carbons (Fsp3) is 0.0526. The number of anilines is 1. The molecule has 0 unspecified atom stereocenters. The Labute approximate surface area is 153 Å². The van der Waals surface area contributed by atoms with Crippen molar-refractivity contribution in [3.63, 3.8) is 0 Å². The Bertz CT molecular complexity index is 946. The Morgan fingerprint density at radius 3 is 2.65 bits per heavy atom. The molecule has 1 aromatic carbocycles. The molecule has 130 valence electrons. The lowest BCUT2D eigenvalue weighted by Gasteiger charge is -2.21. The van der Waals surface area contributed by atoms with Gasteiger partial charge in [0.2, 0.25) is 0 Å². The van der Waals surface area contributed by atoms with Crippen LogP contribution in [0.15, 0.2) is 66.5 Å². The number of para-hydroxylation sites is 1. The highest BCUT2D eigenvalue weighted by Crippen LogP contribution is 2.36. The molecule has 4 nitrogen and oxygen atoms in total. The van der Waals surface area contributed by atoms with Crippen LogP contribution in [-0.4, -0.2) is 15.8 Å². The van der Waals surface area contributed by atoms with E-state index in [-0.39, 0.29) is 0 Å². The number of hydrogen-bond acceptors (Lipinski definition) is 5. The average Bonchev–Trinajstić information content (AvgIpc) is 3.16. The molecule has 0 radical (unpaired) electrons. The fourth-order valence-corrected chi connectivity index (χ4v) is 3.48. The minimum Gasteiger partial charge on any atom is -0.451 e. The Balaban J connectivity index is 1.63. The third-order valence-electron chi connectivity index (χ3n) is 3.78. The molecule has 7 heteroatoms. The summed E-state index contributed by atoms with van der Waals surface area (Å²) in [5.41, 5.74) is 1.93. The quantitative estimate of drug-likeness (QED) is 0.643. The first-order valence-electron chi connectivity index (χ1n) is 7.80. The maximum absolute atomic E-state index is 13.8. The molecule has 0 fully saturated rings. The number of halogens is 2. The van der Waals surface area contributed by atoms with Gasteiger partial charge in [-0.3, -0.25) is 4.98 Å². The van der Waals surface area contributed by atoms with Gasteiger partial charge in [-0.05, 0) is 35.7 Å². The number of thioether (sulfide) groups is 1. The number of nitrogens with zero attached hydrogens (tertiary/aromatic N) is 3. The first-order valence-corrected chi connectivity index (χ1v) is 8.85. The molecule has 0 bridgehead atoms. The highest BCUT2D eigenvalue weighted by molar-refractivity contribution is 8.02. The highest BCUT2D eigenvalue weighted by Gasteiger charge is 2.21. The van der Waals surface area contributed by atoms with Crippen molar-refractivity contribution in [2.24, 2.45) is 0 Å². The van der Waals surface area contributed by atoms with E-state index in [1.54, 1.807) is 42.5 Å². The largest absolute Gasteiger partial charge is 0.451 e. The molecule has 26 heavy (non-hydrogen) atoms. The van der Waals surface area contributed by atoms with Crippen molar-refractivity contribution in [2.75, 3.05) is 10.8 Å². The molecule has 0 saturated heterocycles. The van der Waals surface area contributed by atoms with E-state index in [2.05, 4.69) is 9.97 Å². The summed E-state index contributed by atoms with van der Waals surface area (Å²) in [6.07, 6.45) is 5.04. The van der Waals surface area contributed by atoms with Gasteiger partial charge in [0.1, 0.15) is 11.6 Å². The Hall–Kier alpha value is -2.93. The molecule has 0 amide bonds. The van der Waals surface area contributed by atoms with E-state index in [0.29, 0.717) is 17.4 Å². The lowest BCUT2D eigenvalue weighted by molar-refractivity contribution is 0.407. The first-order chi connectivity index (χ1) is 12.7. The lowest BCUT2D eigenvalue weighted by atomic mass is 10.2. The summed E-state index contributed by atoms with van der Waals surface area (Å²) in [7, 11) is 0. The third-order valence-corrected chi connectivity index (χ3v) is 4.58. The summed E-state index contributed by atoms with van der Waals surface area (Å²) in [5.74, 6) is -0.328. The monoisotopic (exact) mass is 369 g/mol. The van der Waals surface area contributed by atoms with Gasteiger partial charge in [0, 0.05) is 30.2 Å². The summed E-state index contributed by atoms with van der Waals surface area (Å²) < 4.78 is 33.0. The summed E-state index contributed by atoms with van der Waals surface area (Å²) in [4.78, 5) is 10.5. The molecule has 1 aliphatic rings. The van der Waals surface area contributed by atoms with Crippen molar-refractivity contribution in [3.05, 3.63) is 83.7 Å². The maximum atomic E-state index is 13.8. The van der Waals surface area contributed by atoms with Gasteiger partial charge in [-0.1, -0.05) is 6.07 Å². The van der Waals surface area contributed by atoms with E-state index in [0.717, 1.165) is 23.4 Å². The minimum absolute atomic E-state index is 0.307. The Morgan fingerprint density at radius 1 is 1.04 bits per heavy atom. The standard InChI is InChI=1S/C19H13F2N3OS/c20-15-4-1-5-16(21)19(15)25-14-6-8-23-18(9-14)24-12-26-11-17(24)13-3-2-7-22-10-13/h1-11H,12H2. The molecule has 0 spiro atoms. The molecule has 4 rings (SSSR count). The van der Waals surface area contributed by atoms with Crippen LogP contribution in [0.5, 0.6) is 11.5 Å². The van der Waals surface area contributed by atoms with Crippen LogP contribution in [0.2, 0.25) is 0 Å². The zero-order chi connectivity index (χ0) is 17.9. The SMILES string of the molecule is Fc1cccc(F)c1Oc1ccnc(N2CSC=C2c2cccnc2)c1. The molecular weight excluding hydrogens is 356 g/mol. The van der Waals surface area contributed by atoms with Crippen LogP contribution < -0.4 is 9.64 Å². The van der Waals surface area contributed by atoms with Crippen LogP contribution in [0.1, 0.15) is 5.56 Å². The zero-order valence-electron chi connectivity index (χ0n) is 13.5. The van der Waals surface area contributed by atoms with Gasteiger partial charge in [0.15, 0.2) is 17.4 Å². The Morgan fingerprint density at radius 2 is 1.88 bits per heavy atom. The van der Waals surface area contributed by atoms with E-state index in [4.69, 9.17) is 4.74 Å². The van der Waals surface area contributed by atoms with Crippen molar-refractivity contribution >= 4 is 23.3 Å². The van der Waals surface area contributed by atoms with Crippen molar-refractivity contribution in [2.45, 2.75) is 0 Å². The molecule has 0 aliphatic carbocycles. The van der Waals surface area contributed by atoms with Gasteiger partial charge in [-0.15, -0.1) is 11.8 Å². The molecule has 2 aromatic heterocycles. The lowest BCUT2D eigenvalue weighted by Crippen LogP contribution is -2.18. The first kappa shape index (κ1) is 16.5. The van der Waals surface area contributed by atoms with E-state index in [1.807, 2.05) is 22.4 Å². The van der Waals surface area contributed by atoms with Crippen LogP contribution >= 0.6 is 11.8 Å². The second kappa shape index (κ2) is 7.13. The van der Waals surface area contributed by atoms with Gasteiger partial charge < -0.3 is 9.64 Å². The molecule has 3 aromatic rings. The second-order valence-electron chi connectivity index (χ2n) is 5.47. The molecule has 1 aliphatic heterocycles. The number of pyridine rings is 2. The van der Waals surface area contributed by atoms with E-state index in [9.17, 15) is 8.78 Å². The highest BCUT2D eigenvalue weighted by atomic mass is 32.2. The van der Waals surface area contributed by atoms with Crippen molar-refractivity contribution in [1.82, 2.24) is 9.97 Å². The van der Waals surface area contributed by atoms with Crippen LogP contribution in [-0.2, 0) is 0 Å². The van der Waals surface area contributed by atoms with Gasteiger partial charge in [0.25, 0.3) is 0 Å². The van der Waals surface area contributed by atoms with E-state index < -0.39 is 17.4 Å². The van der Waals surface area contributed by atoms with Crippen LogP contribution in [0, 0.1) is 11.6 Å². The van der Waals surface area contributed by atoms with Gasteiger partial charge in [-0.25, -0.2) is 13.8 Å². The van der Waals surface area contributed by atoms with Crippen LogP contribution in [0.3, 0.4) is 0 Å². The van der Waals surface area contributed by atoms with Crippen LogP contribution in [0.4, 0.5) is 14.6 Å². The van der Waals surface area contributed by atoms with Gasteiger partial charge >= 0.3 is 0 Å². The van der Waals surface area contributed by atoms with Gasteiger partial charge in [0.05, 0.1) is 11.6 Å². The predicted octanol–water partition coefficient (Wildman–Crippen LogP) is 5.06. The molecular formula is C19H13F2N3OS. The zero-order valence-corrected chi connectivity index (χ0v) is 14.3. The fourth-order valence-electron chi connectivity index (χ4n) is 2.56. The number of ether oxygens (including phenoxy) is 1. The summed E-state index contributed by atoms with van der Waals surface area (Å²) >= 11 is 1.63. The Kier molecular flexibility index (Phi) is 4.53. The normalized spacial score (nSPS) is 13.6. The van der Waals surface area contributed by atoms with Crippen molar-refractivity contribution < 1.29 is 13.5 Å². The minimum atomic E-state index is -0.754. The average molecular weight is 369 g/mol. The second-order valence-corrected chi connectivity index (χ2v) is 6.30. The topological polar surface area (TPSA) is 38.2 Å². The smallest absolute Gasteiger partial charge is 0.198 e. The maximum Gasteiger partial charge on any atom is 0.198 e. The van der Waals surface area contributed by atoms with E-state index >= 15 is 0 Å². The number of rotatable bonds is 4.